The molecule has 2 N–H and O–H groups in total. The van der Waals surface area contributed by atoms with Crippen molar-refractivity contribution in [2.45, 2.75) is 44.6 Å². The highest BCUT2D eigenvalue weighted by atomic mass is 35.5. The molecular weight excluding hydrogens is 294 g/mol. The summed E-state index contributed by atoms with van der Waals surface area (Å²) in [6, 6.07) is 0.157. The molecule has 0 aliphatic heterocycles. The summed E-state index contributed by atoms with van der Waals surface area (Å²) in [7, 11) is 1.45. The smallest absolute Gasteiger partial charge is 0.329 e. The second-order valence-electron chi connectivity index (χ2n) is 5.42. The first-order valence-corrected chi connectivity index (χ1v) is 7.46. The first-order chi connectivity index (χ1) is 10.0. The molecule has 0 radical (unpaired) electrons. The van der Waals surface area contributed by atoms with Crippen molar-refractivity contribution < 1.29 is 14.6 Å². The van der Waals surface area contributed by atoms with Crippen LogP contribution in [0.15, 0.2) is 6.20 Å². The molecule has 21 heavy (non-hydrogen) atoms. The number of hydrogen-bond donors (Lipinski definition) is 2. The first kappa shape index (κ1) is 15.8. The zero-order valence-corrected chi connectivity index (χ0v) is 13.0. The summed E-state index contributed by atoms with van der Waals surface area (Å²) in [5, 5.41) is 13.0. The fourth-order valence-corrected chi connectivity index (χ4v) is 2.87. The maximum atomic E-state index is 11.8. The molecule has 0 bridgehead atoms. The number of halogens is 1. The molecule has 0 saturated heterocycles. The zero-order valence-electron chi connectivity index (χ0n) is 12.2. The van der Waals surface area contributed by atoms with Gasteiger partial charge in [0.05, 0.1) is 13.3 Å². The van der Waals surface area contributed by atoms with Crippen LogP contribution >= 0.6 is 11.6 Å². The molecule has 1 aliphatic carbocycles. The van der Waals surface area contributed by atoms with Crippen LogP contribution in [0.2, 0.25) is 5.02 Å². The van der Waals surface area contributed by atoms with E-state index in [1.165, 1.54) is 13.3 Å². The summed E-state index contributed by atoms with van der Waals surface area (Å²) >= 11 is 6.06. The van der Waals surface area contributed by atoms with Crippen molar-refractivity contribution in [3.05, 3.63) is 11.2 Å². The van der Waals surface area contributed by atoms with Crippen molar-refractivity contribution in [3.63, 3.8) is 0 Å². The highest BCUT2D eigenvalue weighted by Crippen LogP contribution is 2.37. The second kappa shape index (κ2) is 6.47. The lowest BCUT2D eigenvalue weighted by Crippen LogP contribution is -2.49. The molecular formula is C14H20ClN3O3. The van der Waals surface area contributed by atoms with Gasteiger partial charge in [-0.25, -0.2) is 9.78 Å². The summed E-state index contributed by atoms with van der Waals surface area (Å²) in [5.41, 5.74) is -1.02. The van der Waals surface area contributed by atoms with Crippen LogP contribution in [0.25, 0.3) is 0 Å². The molecule has 1 aromatic rings. The maximum Gasteiger partial charge on any atom is 0.329 e. The predicted octanol–water partition coefficient (Wildman–Crippen LogP) is 2.97. The van der Waals surface area contributed by atoms with E-state index in [0.29, 0.717) is 24.6 Å². The lowest BCUT2D eigenvalue weighted by molar-refractivity contribution is -0.143. The second-order valence-corrected chi connectivity index (χ2v) is 5.82. The number of aromatic nitrogens is 2. The fourth-order valence-electron chi connectivity index (χ4n) is 2.73. The standard InChI is InChI=1S/C14H20ClN3O3/c1-3-9-4-6-14(7-5-9,12(19)20)18-11-10(15)8-16-13(17-11)21-2/h8-9H,3-7H2,1-2H3,(H,19,20)(H,16,17,18). The monoisotopic (exact) mass is 313 g/mol. The Bertz CT molecular complexity index is 516. The molecule has 1 heterocycles. The summed E-state index contributed by atoms with van der Waals surface area (Å²) < 4.78 is 4.96. The van der Waals surface area contributed by atoms with Gasteiger partial charge in [-0.15, -0.1) is 0 Å². The molecule has 1 aromatic heterocycles. The van der Waals surface area contributed by atoms with Crippen molar-refractivity contribution in [3.8, 4) is 6.01 Å². The molecule has 6 nitrogen and oxygen atoms in total. The number of hydrogen-bond acceptors (Lipinski definition) is 5. The zero-order chi connectivity index (χ0) is 15.5. The van der Waals surface area contributed by atoms with E-state index in [2.05, 4.69) is 22.2 Å². The summed E-state index contributed by atoms with van der Waals surface area (Å²) in [5.74, 6) is 0.0289. The topological polar surface area (TPSA) is 84.3 Å². The van der Waals surface area contributed by atoms with Crippen LogP contribution in [0.3, 0.4) is 0 Å². The fraction of sp³-hybridized carbons (Fsp3) is 0.643. The molecule has 0 spiro atoms. The third-order valence-corrected chi connectivity index (χ3v) is 4.48. The quantitative estimate of drug-likeness (QED) is 0.869. The third kappa shape index (κ3) is 3.37. The molecule has 7 heteroatoms. The van der Waals surface area contributed by atoms with E-state index in [9.17, 15) is 9.90 Å². The van der Waals surface area contributed by atoms with Crippen LogP contribution in [-0.2, 0) is 4.79 Å². The predicted molar refractivity (Wildman–Crippen MR) is 79.8 cm³/mol. The van der Waals surface area contributed by atoms with Crippen LogP contribution < -0.4 is 10.1 Å². The van der Waals surface area contributed by atoms with Crippen LogP contribution in [0.4, 0.5) is 5.82 Å². The van der Waals surface area contributed by atoms with Crippen molar-refractivity contribution in [2.75, 3.05) is 12.4 Å². The van der Waals surface area contributed by atoms with Gasteiger partial charge in [0, 0.05) is 0 Å². The highest BCUT2D eigenvalue weighted by molar-refractivity contribution is 6.32. The largest absolute Gasteiger partial charge is 0.480 e. The minimum absolute atomic E-state index is 0.157. The van der Waals surface area contributed by atoms with Gasteiger partial charge in [-0.2, -0.15) is 4.98 Å². The Morgan fingerprint density at radius 3 is 2.76 bits per heavy atom. The Kier molecular flexibility index (Phi) is 4.88. The van der Waals surface area contributed by atoms with Gasteiger partial charge < -0.3 is 15.2 Å². The van der Waals surface area contributed by atoms with Crippen LogP contribution in [0.1, 0.15) is 39.0 Å². The van der Waals surface area contributed by atoms with Gasteiger partial charge in [0.2, 0.25) is 0 Å². The van der Waals surface area contributed by atoms with E-state index < -0.39 is 11.5 Å². The normalized spacial score (nSPS) is 25.4. The van der Waals surface area contributed by atoms with Gasteiger partial charge in [-0.05, 0) is 31.6 Å². The molecule has 1 aliphatic rings. The van der Waals surface area contributed by atoms with Crippen LogP contribution in [-0.4, -0.2) is 33.7 Å². The van der Waals surface area contributed by atoms with Gasteiger partial charge >= 0.3 is 12.0 Å². The lowest BCUT2D eigenvalue weighted by atomic mass is 9.75. The molecule has 1 saturated carbocycles. The van der Waals surface area contributed by atoms with Gasteiger partial charge in [0.1, 0.15) is 10.6 Å². The van der Waals surface area contributed by atoms with E-state index in [0.717, 1.165) is 19.3 Å². The molecule has 0 unspecified atom stereocenters. The third-order valence-electron chi connectivity index (χ3n) is 4.21. The van der Waals surface area contributed by atoms with Gasteiger partial charge in [0.25, 0.3) is 0 Å². The minimum atomic E-state index is -1.02. The summed E-state index contributed by atoms with van der Waals surface area (Å²) in [6.07, 6.45) is 5.37. The summed E-state index contributed by atoms with van der Waals surface area (Å²) in [4.78, 5) is 19.8. The number of carboxylic acids is 1. The maximum absolute atomic E-state index is 11.8. The number of carboxylic acid groups (broad SMARTS) is 1. The SMILES string of the molecule is CCC1CCC(Nc2nc(OC)ncc2Cl)(C(=O)O)CC1. The number of aliphatic carboxylic acids is 1. The Morgan fingerprint density at radius 1 is 1.57 bits per heavy atom. The van der Waals surface area contributed by atoms with E-state index >= 15 is 0 Å². The molecule has 0 amide bonds. The van der Waals surface area contributed by atoms with Crippen molar-refractivity contribution in [1.29, 1.82) is 0 Å². The summed E-state index contributed by atoms with van der Waals surface area (Å²) in [6.45, 7) is 2.14. The molecule has 1 fully saturated rings. The number of nitrogens with one attached hydrogen (secondary N) is 1. The minimum Gasteiger partial charge on any atom is -0.480 e. The Hall–Kier alpha value is -1.56. The van der Waals surface area contributed by atoms with Gasteiger partial charge in [-0.3, -0.25) is 0 Å². The number of anilines is 1. The Balaban J connectivity index is 2.23. The van der Waals surface area contributed by atoms with Crippen LogP contribution in [0.5, 0.6) is 6.01 Å². The van der Waals surface area contributed by atoms with E-state index in [1.807, 2.05) is 0 Å². The molecule has 0 aromatic carbocycles. The molecule has 2 rings (SSSR count). The number of nitrogens with zero attached hydrogens (tertiary/aromatic N) is 2. The Labute approximate surface area is 128 Å². The van der Waals surface area contributed by atoms with E-state index in [1.54, 1.807) is 0 Å². The van der Waals surface area contributed by atoms with Crippen LogP contribution in [0, 0.1) is 5.92 Å². The Morgan fingerprint density at radius 2 is 2.24 bits per heavy atom. The van der Waals surface area contributed by atoms with Gasteiger partial charge in [0.15, 0.2) is 5.82 Å². The van der Waals surface area contributed by atoms with Crippen molar-refractivity contribution in [2.24, 2.45) is 5.92 Å². The highest BCUT2D eigenvalue weighted by Gasteiger charge is 2.42. The van der Waals surface area contributed by atoms with E-state index in [4.69, 9.17) is 16.3 Å². The van der Waals surface area contributed by atoms with E-state index in [-0.39, 0.29) is 11.0 Å². The first-order valence-electron chi connectivity index (χ1n) is 7.09. The van der Waals surface area contributed by atoms with Crippen molar-refractivity contribution in [1.82, 2.24) is 9.97 Å². The molecule has 0 atom stereocenters. The molecule has 116 valence electrons. The average molecular weight is 314 g/mol. The number of rotatable bonds is 5. The number of ether oxygens (including phenoxy) is 1. The average Bonchev–Trinajstić information content (AvgIpc) is 2.50. The number of carbonyl (C=O) groups is 1. The van der Waals surface area contributed by atoms with Crippen molar-refractivity contribution >= 4 is 23.4 Å². The number of methoxy groups -OCH3 is 1. The van der Waals surface area contributed by atoms with Gasteiger partial charge in [-0.1, -0.05) is 24.9 Å². The lowest BCUT2D eigenvalue weighted by Gasteiger charge is -2.37.